The number of hydrogen-bond acceptors (Lipinski definition) is 4. The third kappa shape index (κ3) is 10.1. The number of methoxy groups -OCH3 is 1. The van der Waals surface area contributed by atoms with Crippen LogP contribution in [0.2, 0.25) is 0 Å². The van der Waals surface area contributed by atoms with E-state index < -0.39 is 5.97 Å². The summed E-state index contributed by atoms with van der Waals surface area (Å²) in [5.74, 6) is -0.795. The van der Waals surface area contributed by atoms with Crippen LogP contribution in [0, 0.1) is 11.3 Å². The number of carbonyl (C=O) groups is 2. The van der Waals surface area contributed by atoms with Crippen LogP contribution in [-0.2, 0) is 9.53 Å². The van der Waals surface area contributed by atoms with Gasteiger partial charge >= 0.3 is 12.0 Å². The number of nitriles is 1. The maximum atomic E-state index is 11.9. The largest absolute Gasteiger partial charge is 0.481 e. The summed E-state index contributed by atoms with van der Waals surface area (Å²) in [6.45, 7) is 1.76. The summed E-state index contributed by atoms with van der Waals surface area (Å²) in [7, 11) is 1.56. The van der Waals surface area contributed by atoms with Crippen molar-refractivity contribution in [3.8, 4) is 6.07 Å². The van der Waals surface area contributed by atoms with Crippen LogP contribution in [0.4, 0.5) is 4.79 Å². The van der Waals surface area contributed by atoms with Gasteiger partial charge in [-0.3, -0.25) is 4.79 Å². The second kappa shape index (κ2) is 12.2. The molecule has 7 heteroatoms. The molecule has 0 aromatic rings. The van der Waals surface area contributed by atoms with Gasteiger partial charge in [-0.05, 0) is 12.8 Å². The molecule has 0 aliphatic carbocycles. The quantitative estimate of drug-likeness (QED) is 0.555. The number of amides is 2. The summed E-state index contributed by atoms with van der Waals surface area (Å²) in [5, 5.41) is 19.8. The third-order valence-corrected chi connectivity index (χ3v) is 2.69. The fraction of sp³-hybridized carbons (Fsp3) is 0.769. The summed E-state index contributed by atoms with van der Waals surface area (Å²) in [4.78, 5) is 23.7. The standard InChI is InChI=1S/C13H23N3O4/c1-20-11-10-16(9-5-7-14)13(19)15-8-4-2-3-6-12(17)18/h2-6,8-11H2,1H3,(H,15,19)(H,17,18). The van der Waals surface area contributed by atoms with E-state index in [9.17, 15) is 9.59 Å². The zero-order valence-electron chi connectivity index (χ0n) is 11.9. The van der Waals surface area contributed by atoms with E-state index in [4.69, 9.17) is 15.1 Å². The van der Waals surface area contributed by atoms with E-state index in [1.54, 1.807) is 12.0 Å². The molecule has 7 nitrogen and oxygen atoms in total. The minimum atomic E-state index is -0.795. The van der Waals surface area contributed by atoms with E-state index in [1.807, 2.05) is 6.07 Å². The third-order valence-electron chi connectivity index (χ3n) is 2.69. The lowest BCUT2D eigenvalue weighted by Crippen LogP contribution is -2.42. The van der Waals surface area contributed by atoms with Crippen LogP contribution >= 0.6 is 0 Å². The average molecular weight is 285 g/mol. The Morgan fingerprint density at radius 2 is 2.05 bits per heavy atom. The zero-order valence-corrected chi connectivity index (χ0v) is 11.9. The van der Waals surface area contributed by atoms with Crippen molar-refractivity contribution < 1.29 is 19.4 Å². The monoisotopic (exact) mass is 285 g/mol. The van der Waals surface area contributed by atoms with Gasteiger partial charge in [0.15, 0.2) is 0 Å². The van der Waals surface area contributed by atoms with Crippen molar-refractivity contribution in [2.24, 2.45) is 0 Å². The normalized spacial score (nSPS) is 9.80. The van der Waals surface area contributed by atoms with E-state index in [2.05, 4.69) is 5.32 Å². The van der Waals surface area contributed by atoms with E-state index in [-0.39, 0.29) is 18.9 Å². The van der Waals surface area contributed by atoms with Gasteiger partial charge in [-0.25, -0.2) is 4.79 Å². The van der Waals surface area contributed by atoms with Gasteiger partial charge in [0, 0.05) is 33.2 Å². The molecule has 0 aliphatic rings. The molecular weight excluding hydrogens is 262 g/mol. The molecule has 0 rings (SSSR count). The summed E-state index contributed by atoms with van der Waals surface area (Å²) < 4.78 is 4.92. The number of carboxylic acids is 1. The lowest BCUT2D eigenvalue weighted by atomic mass is 10.2. The number of unbranched alkanes of at least 4 members (excludes halogenated alkanes) is 2. The van der Waals surface area contributed by atoms with Crippen LogP contribution in [0.3, 0.4) is 0 Å². The zero-order chi connectivity index (χ0) is 15.2. The van der Waals surface area contributed by atoms with E-state index in [0.717, 1.165) is 12.8 Å². The number of ether oxygens (including phenoxy) is 1. The molecule has 0 atom stereocenters. The lowest BCUT2D eigenvalue weighted by molar-refractivity contribution is -0.137. The number of rotatable bonds is 11. The predicted molar refractivity (Wildman–Crippen MR) is 73.2 cm³/mol. The van der Waals surface area contributed by atoms with Gasteiger partial charge in [0.2, 0.25) is 0 Å². The summed E-state index contributed by atoms with van der Waals surface area (Å²) in [6.07, 6.45) is 2.58. The maximum absolute atomic E-state index is 11.9. The second-order valence-electron chi connectivity index (χ2n) is 4.32. The van der Waals surface area contributed by atoms with Crippen molar-refractivity contribution in [1.29, 1.82) is 5.26 Å². The van der Waals surface area contributed by atoms with Crippen molar-refractivity contribution in [3.05, 3.63) is 0 Å². The van der Waals surface area contributed by atoms with Crippen molar-refractivity contribution in [2.45, 2.75) is 32.1 Å². The SMILES string of the molecule is COCCN(CCC#N)C(=O)NCCCCCC(=O)O. The number of urea groups is 1. The van der Waals surface area contributed by atoms with Gasteiger partial charge in [-0.15, -0.1) is 0 Å². The fourth-order valence-electron chi connectivity index (χ4n) is 1.59. The molecule has 0 aromatic carbocycles. The summed E-state index contributed by atoms with van der Waals surface area (Å²) >= 11 is 0. The number of nitrogens with one attached hydrogen (secondary N) is 1. The molecule has 0 spiro atoms. The average Bonchev–Trinajstić information content (AvgIpc) is 2.42. The van der Waals surface area contributed by atoms with Gasteiger partial charge in [-0.1, -0.05) is 6.42 Å². The lowest BCUT2D eigenvalue weighted by Gasteiger charge is -2.21. The number of hydrogen-bond donors (Lipinski definition) is 2. The molecule has 0 fully saturated rings. The van der Waals surface area contributed by atoms with Gasteiger partial charge in [0.25, 0.3) is 0 Å². The number of carbonyl (C=O) groups excluding carboxylic acids is 1. The molecule has 2 amide bonds. The van der Waals surface area contributed by atoms with Crippen molar-refractivity contribution in [3.63, 3.8) is 0 Å². The Morgan fingerprint density at radius 3 is 2.65 bits per heavy atom. The highest BCUT2D eigenvalue weighted by atomic mass is 16.5. The summed E-state index contributed by atoms with van der Waals surface area (Å²) in [5.41, 5.74) is 0. The van der Waals surface area contributed by atoms with Crippen LogP contribution < -0.4 is 5.32 Å². The first-order chi connectivity index (χ1) is 9.61. The number of nitrogens with zero attached hydrogens (tertiary/aromatic N) is 2. The highest BCUT2D eigenvalue weighted by molar-refractivity contribution is 5.74. The number of aliphatic carboxylic acids is 1. The first-order valence-electron chi connectivity index (χ1n) is 6.72. The first kappa shape index (κ1) is 18.2. The molecule has 20 heavy (non-hydrogen) atoms. The topological polar surface area (TPSA) is 103 Å². The minimum Gasteiger partial charge on any atom is -0.481 e. The minimum absolute atomic E-state index is 0.163. The second-order valence-corrected chi connectivity index (χ2v) is 4.32. The van der Waals surface area contributed by atoms with Crippen LogP contribution in [0.25, 0.3) is 0 Å². The Kier molecular flexibility index (Phi) is 11.1. The summed E-state index contributed by atoms with van der Waals surface area (Å²) in [6, 6.07) is 1.79. The van der Waals surface area contributed by atoms with E-state index >= 15 is 0 Å². The van der Waals surface area contributed by atoms with Crippen LogP contribution in [-0.4, -0.2) is 55.4 Å². The Morgan fingerprint density at radius 1 is 1.30 bits per heavy atom. The Balaban J connectivity index is 3.82. The molecule has 0 saturated heterocycles. The van der Waals surface area contributed by atoms with E-state index in [1.165, 1.54) is 0 Å². The first-order valence-corrected chi connectivity index (χ1v) is 6.72. The fourth-order valence-corrected chi connectivity index (χ4v) is 1.59. The molecular formula is C13H23N3O4. The van der Waals surface area contributed by atoms with Gasteiger partial charge in [0.1, 0.15) is 0 Å². The van der Waals surface area contributed by atoms with Crippen LogP contribution in [0.1, 0.15) is 32.1 Å². The van der Waals surface area contributed by atoms with Crippen LogP contribution in [0.15, 0.2) is 0 Å². The van der Waals surface area contributed by atoms with E-state index in [0.29, 0.717) is 32.7 Å². The Labute approximate surface area is 119 Å². The van der Waals surface area contributed by atoms with Crippen LogP contribution in [0.5, 0.6) is 0 Å². The molecule has 2 N–H and O–H groups in total. The molecule has 0 unspecified atom stereocenters. The highest BCUT2D eigenvalue weighted by Gasteiger charge is 2.11. The smallest absolute Gasteiger partial charge is 0.317 e. The Hall–Kier alpha value is -1.81. The predicted octanol–water partition coefficient (Wildman–Crippen LogP) is 1.20. The molecule has 0 saturated carbocycles. The molecule has 0 aromatic heterocycles. The molecule has 114 valence electrons. The van der Waals surface area contributed by atoms with Crippen molar-refractivity contribution in [2.75, 3.05) is 33.4 Å². The molecule has 0 aliphatic heterocycles. The van der Waals surface area contributed by atoms with Gasteiger partial charge in [0.05, 0.1) is 19.1 Å². The van der Waals surface area contributed by atoms with Crippen molar-refractivity contribution >= 4 is 12.0 Å². The highest BCUT2D eigenvalue weighted by Crippen LogP contribution is 1.99. The molecule has 0 bridgehead atoms. The van der Waals surface area contributed by atoms with Crippen molar-refractivity contribution in [1.82, 2.24) is 10.2 Å². The molecule has 0 radical (unpaired) electrons. The van der Waals surface area contributed by atoms with Gasteiger partial charge in [-0.2, -0.15) is 5.26 Å². The van der Waals surface area contributed by atoms with Gasteiger partial charge < -0.3 is 20.1 Å². The molecule has 0 heterocycles. The Bertz CT molecular complexity index is 328. The number of carboxylic acid groups (broad SMARTS) is 1. The maximum Gasteiger partial charge on any atom is 0.317 e.